The minimum atomic E-state index is -1.08. The number of carboxylic acids is 1. The van der Waals surface area contributed by atoms with E-state index in [1.165, 1.54) is 6.07 Å². The van der Waals surface area contributed by atoms with Gasteiger partial charge in [-0.3, -0.25) is 9.59 Å². The van der Waals surface area contributed by atoms with Gasteiger partial charge < -0.3 is 15.7 Å². The van der Waals surface area contributed by atoms with Gasteiger partial charge in [0.2, 0.25) is 5.91 Å². The molecule has 1 amide bonds. The normalized spacial score (nSPS) is 11.8. The summed E-state index contributed by atoms with van der Waals surface area (Å²) in [6.07, 6.45) is 0.471. The molecule has 2 aromatic carbocycles. The zero-order valence-corrected chi connectivity index (χ0v) is 14.8. The van der Waals surface area contributed by atoms with Crippen LogP contribution in [0.3, 0.4) is 0 Å². The van der Waals surface area contributed by atoms with Gasteiger partial charge in [-0.25, -0.2) is 0 Å². The number of carboxylic acid groups (broad SMARTS) is 1. The van der Waals surface area contributed by atoms with Gasteiger partial charge in [0.15, 0.2) is 0 Å². The van der Waals surface area contributed by atoms with E-state index >= 15 is 0 Å². The number of nitrogens with one attached hydrogen (secondary N) is 2. The number of halogens is 2. The summed E-state index contributed by atoms with van der Waals surface area (Å²) < 4.78 is 0. The molecule has 0 heterocycles. The van der Waals surface area contributed by atoms with Crippen molar-refractivity contribution in [2.45, 2.75) is 18.9 Å². The highest BCUT2D eigenvalue weighted by Gasteiger charge is 2.21. The quantitative estimate of drug-likeness (QED) is 0.653. The minimum Gasteiger partial charge on any atom is -0.480 e. The molecule has 2 aromatic rings. The summed E-state index contributed by atoms with van der Waals surface area (Å²) in [4.78, 5) is 23.4. The number of aliphatic carboxylic acids is 1. The Kier molecular flexibility index (Phi) is 7.25. The largest absolute Gasteiger partial charge is 0.480 e. The predicted molar refractivity (Wildman–Crippen MR) is 99.3 cm³/mol. The molecule has 0 radical (unpaired) electrons. The van der Waals surface area contributed by atoms with Crippen LogP contribution in [0.5, 0.6) is 0 Å². The first-order valence-corrected chi connectivity index (χ1v) is 8.46. The van der Waals surface area contributed by atoms with Crippen LogP contribution in [0.4, 0.5) is 5.69 Å². The zero-order valence-electron chi connectivity index (χ0n) is 13.3. The van der Waals surface area contributed by atoms with Crippen LogP contribution < -0.4 is 10.6 Å². The summed E-state index contributed by atoms with van der Waals surface area (Å²) in [6.45, 7) is 0.454. The number of carbonyl (C=O) groups excluding carboxylic acids is 1. The first-order valence-electron chi connectivity index (χ1n) is 7.70. The summed E-state index contributed by atoms with van der Waals surface area (Å²) >= 11 is 11.8. The van der Waals surface area contributed by atoms with Crippen LogP contribution in [-0.4, -0.2) is 29.6 Å². The Morgan fingerprint density at radius 3 is 2.44 bits per heavy atom. The van der Waals surface area contributed by atoms with Gasteiger partial charge in [0, 0.05) is 5.02 Å². The van der Waals surface area contributed by atoms with Crippen LogP contribution in [0.2, 0.25) is 10.0 Å². The summed E-state index contributed by atoms with van der Waals surface area (Å²) in [5.74, 6) is -1.52. The molecule has 132 valence electrons. The molecule has 25 heavy (non-hydrogen) atoms. The molecule has 0 saturated carbocycles. The number of amides is 1. The van der Waals surface area contributed by atoms with Crippen molar-refractivity contribution in [2.24, 2.45) is 0 Å². The third-order valence-corrected chi connectivity index (χ3v) is 4.09. The van der Waals surface area contributed by atoms with Crippen LogP contribution in [0.15, 0.2) is 48.5 Å². The van der Waals surface area contributed by atoms with E-state index in [-0.39, 0.29) is 6.42 Å². The first-order chi connectivity index (χ1) is 12.0. The molecule has 3 N–H and O–H groups in total. The lowest BCUT2D eigenvalue weighted by Crippen LogP contribution is -2.40. The van der Waals surface area contributed by atoms with E-state index in [4.69, 9.17) is 23.2 Å². The van der Waals surface area contributed by atoms with Gasteiger partial charge in [0.1, 0.15) is 6.04 Å². The van der Waals surface area contributed by atoms with E-state index in [2.05, 4.69) is 10.6 Å². The van der Waals surface area contributed by atoms with Crippen LogP contribution in [0.1, 0.15) is 12.0 Å². The molecule has 1 atom stereocenters. The summed E-state index contributed by atoms with van der Waals surface area (Å²) in [5, 5.41) is 15.5. The molecule has 2 rings (SSSR count). The maximum absolute atomic E-state index is 12.1. The van der Waals surface area contributed by atoms with Gasteiger partial charge in [-0.05, 0) is 36.7 Å². The van der Waals surface area contributed by atoms with Crippen molar-refractivity contribution in [3.8, 4) is 0 Å². The van der Waals surface area contributed by atoms with Crippen molar-refractivity contribution in [3.05, 3.63) is 64.1 Å². The molecule has 0 unspecified atom stereocenters. The Labute approximate surface area is 156 Å². The molecular weight excluding hydrogens is 363 g/mol. The van der Waals surface area contributed by atoms with Crippen LogP contribution in [-0.2, 0) is 16.0 Å². The van der Waals surface area contributed by atoms with Gasteiger partial charge >= 0.3 is 5.97 Å². The van der Waals surface area contributed by atoms with Crippen LogP contribution in [0, 0.1) is 0 Å². The van der Waals surface area contributed by atoms with E-state index in [0.29, 0.717) is 28.7 Å². The van der Waals surface area contributed by atoms with Gasteiger partial charge in [-0.1, -0.05) is 53.5 Å². The fourth-order valence-corrected chi connectivity index (χ4v) is 2.72. The van der Waals surface area contributed by atoms with Crippen molar-refractivity contribution in [1.29, 1.82) is 0 Å². The molecule has 0 spiro atoms. The lowest BCUT2D eigenvalue weighted by molar-refractivity contribution is -0.141. The average Bonchev–Trinajstić information content (AvgIpc) is 2.57. The van der Waals surface area contributed by atoms with Gasteiger partial charge in [0.25, 0.3) is 0 Å². The lowest BCUT2D eigenvalue weighted by Gasteiger charge is -2.15. The maximum Gasteiger partial charge on any atom is 0.321 e. The second-order valence-electron chi connectivity index (χ2n) is 5.46. The summed E-state index contributed by atoms with van der Waals surface area (Å²) in [5.41, 5.74) is 1.49. The molecule has 0 saturated heterocycles. The monoisotopic (exact) mass is 380 g/mol. The smallest absolute Gasteiger partial charge is 0.321 e. The minimum absolute atomic E-state index is 0.205. The number of anilines is 1. The second-order valence-corrected chi connectivity index (χ2v) is 6.30. The van der Waals surface area contributed by atoms with E-state index in [0.717, 1.165) is 5.56 Å². The second kappa shape index (κ2) is 9.42. The summed E-state index contributed by atoms with van der Waals surface area (Å²) in [7, 11) is 0. The Balaban J connectivity index is 1.87. The first kappa shape index (κ1) is 19.2. The van der Waals surface area contributed by atoms with Crippen molar-refractivity contribution >= 4 is 40.8 Å². The highest BCUT2D eigenvalue weighted by atomic mass is 35.5. The van der Waals surface area contributed by atoms with Crippen molar-refractivity contribution < 1.29 is 14.7 Å². The fourth-order valence-electron chi connectivity index (χ4n) is 2.26. The van der Waals surface area contributed by atoms with E-state index in [9.17, 15) is 14.7 Å². The fraction of sp³-hybridized carbons (Fsp3) is 0.222. The topological polar surface area (TPSA) is 78.4 Å². The van der Waals surface area contributed by atoms with Crippen molar-refractivity contribution in [1.82, 2.24) is 5.32 Å². The Morgan fingerprint density at radius 1 is 1.08 bits per heavy atom. The SMILES string of the molecule is O=C(C[C@H](NCCc1ccccc1)C(=O)O)Nc1ccc(Cl)cc1Cl. The molecule has 5 nitrogen and oxygen atoms in total. The van der Waals surface area contributed by atoms with Gasteiger partial charge in [-0.2, -0.15) is 0 Å². The van der Waals surface area contributed by atoms with Crippen LogP contribution >= 0.6 is 23.2 Å². The maximum atomic E-state index is 12.1. The number of benzene rings is 2. The Morgan fingerprint density at radius 2 is 1.80 bits per heavy atom. The molecular formula is C18H18Cl2N2O3. The van der Waals surface area contributed by atoms with E-state index in [1.807, 2.05) is 30.3 Å². The molecule has 0 aliphatic carbocycles. The third kappa shape index (κ3) is 6.38. The Bertz CT molecular complexity index is 738. The third-order valence-electron chi connectivity index (χ3n) is 3.54. The van der Waals surface area contributed by atoms with Crippen molar-refractivity contribution in [2.75, 3.05) is 11.9 Å². The average molecular weight is 381 g/mol. The lowest BCUT2D eigenvalue weighted by atomic mass is 10.1. The highest BCUT2D eigenvalue weighted by molar-refractivity contribution is 6.36. The number of hydrogen-bond acceptors (Lipinski definition) is 3. The molecule has 0 aliphatic heterocycles. The zero-order chi connectivity index (χ0) is 18.2. The van der Waals surface area contributed by atoms with E-state index < -0.39 is 17.9 Å². The van der Waals surface area contributed by atoms with Gasteiger partial charge in [0.05, 0.1) is 17.1 Å². The van der Waals surface area contributed by atoms with Crippen molar-refractivity contribution in [3.63, 3.8) is 0 Å². The molecule has 0 aliphatic rings. The number of hydrogen-bond donors (Lipinski definition) is 3. The number of carbonyl (C=O) groups is 2. The standard InChI is InChI=1S/C18H18Cl2N2O3/c19-13-6-7-15(14(20)10-13)22-17(23)11-16(18(24)25)21-9-8-12-4-2-1-3-5-12/h1-7,10,16,21H,8-9,11H2,(H,22,23)(H,24,25)/t16-/m0/s1. The van der Waals surface area contributed by atoms with E-state index in [1.54, 1.807) is 12.1 Å². The molecule has 0 bridgehead atoms. The highest BCUT2D eigenvalue weighted by Crippen LogP contribution is 2.25. The predicted octanol–water partition coefficient (Wildman–Crippen LogP) is 3.61. The molecule has 7 heteroatoms. The number of rotatable bonds is 8. The van der Waals surface area contributed by atoms with Crippen LogP contribution in [0.25, 0.3) is 0 Å². The summed E-state index contributed by atoms with van der Waals surface area (Å²) in [6, 6.07) is 13.4. The molecule has 0 aromatic heterocycles. The Hall–Kier alpha value is -2.08. The molecule has 0 fully saturated rings. The van der Waals surface area contributed by atoms with Gasteiger partial charge in [-0.15, -0.1) is 0 Å².